The van der Waals surface area contributed by atoms with Crippen molar-refractivity contribution in [3.63, 3.8) is 0 Å². The van der Waals surface area contributed by atoms with Crippen LogP contribution in [-0.2, 0) is 4.79 Å². The van der Waals surface area contributed by atoms with E-state index in [0.29, 0.717) is 5.02 Å². The summed E-state index contributed by atoms with van der Waals surface area (Å²) in [6, 6.07) is 7.01. The predicted molar refractivity (Wildman–Crippen MR) is 74.9 cm³/mol. The Balaban J connectivity index is 2.01. The number of halogens is 4. The number of hydrogen-bond acceptors (Lipinski definition) is 2. The third-order valence-electron chi connectivity index (χ3n) is 2.59. The maximum Gasteiger partial charge on any atom is 0.243 e. The second kappa shape index (κ2) is 6.49. The third kappa shape index (κ3) is 3.88. The van der Waals surface area contributed by atoms with Crippen LogP contribution in [0.2, 0.25) is 5.02 Å². The van der Waals surface area contributed by atoms with E-state index in [0.717, 1.165) is 18.2 Å². The van der Waals surface area contributed by atoms with E-state index in [4.69, 9.17) is 11.6 Å². The molecule has 2 rings (SSSR count). The zero-order chi connectivity index (χ0) is 15.4. The van der Waals surface area contributed by atoms with Gasteiger partial charge in [-0.05, 0) is 30.3 Å². The molecule has 1 amide bonds. The summed E-state index contributed by atoms with van der Waals surface area (Å²) >= 11 is 5.70. The van der Waals surface area contributed by atoms with Gasteiger partial charge in [-0.2, -0.15) is 0 Å². The molecule has 0 heterocycles. The maximum absolute atomic E-state index is 13.4. The van der Waals surface area contributed by atoms with Gasteiger partial charge in [-0.25, -0.2) is 13.2 Å². The number of anilines is 2. The second-order valence-corrected chi connectivity index (χ2v) is 4.56. The molecule has 0 unspecified atom stereocenters. The van der Waals surface area contributed by atoms with Crippen LogP contribution >= 0.6 is 11.6 Å². The summed E-state index contributed by atoms with van der Waals surface area (Å²) in [5.41, 5.74) is -0.525. The van der Waals surface area contributed by atoms with Crippen LogP contribution in [0.15, 0.2) is 36.4 Å². The highest BCUT2D eigenvalue weighted by Crippen LogP contribution is 2.20. The van der Waals surface area contributed by atoms with E-state index in [2.05, 4.69) is 10.6 Å². The van der Waals surface area contributed by atoms with Gasteiger partial charge in [0, 0.05) is 5.02 Å². The first kappa shape index (κ1) is 15.2. The quantitative estimate of drug-likeness (QED) is 0.901. The Labute approximate surface area is 123 Å². The molecule has 0 aromatic heterocycles. The molecule has 0 bridgehead atoms. The average Bonchev–Trinajstić information content (AvgIpc) is 2.44. The molecule has 3 nitrogen and oxygen atoms in total. The Morgan fingerprint density at radius 3 is 2.38 bits per heavy atom. The molecule has 0 spiro atoms. The van der Waals surface area contributed by atoms with Gasteiger partial charge in [0.05, 0.1) is 12.2 Å². The van der Waals surface area contributed by atoms with Crippen LogP contribution in [0, 0.1) is 17.5 Å². The average molecular weight is 315 g/mol. The lowest BCUT2D eigenvalue weighted by Crippen LogP contribution is -2.23. The summed E-state index contributed by atoms with van der Waals surface area (Å²) in [5, 5.41) is 4.86. The molecule has 2 N–H and O–H groups in total. The monoisotopic (exact) mass is 314 g/mol. The number of hydrogen-bond donors (Lipinski definition) is 2. The summed E-state index contributed by atoms with van der Waals surface area (Å²) in [4.78, 5) is 11.6. The molecule has 2 aromatic rings. The molecule has 0 aliphatic rings. The van der Waals surface area contributed by atoms with Crippen molar-refractivity contribution in [2.75, 3.05) is 17.2 Å². The highest BCUT2D eigenvalue weighted by molar-refractivity contribution is 6.30. The van der Waals surface area contributed by atoms with Crippen LogP contribution in [0.25, 0.3) is 0 Å². The number of carbonyl (C=O) groups is 1. The molecule has 0 aliphatic heterocycles. The summed E-state index contributed by atoms with van der Waals surface area (Å²) in [5.74, 6) is -3.10. The standard InChI is InChI=1S/C14H10ClF3N2O/c15-8-4-5-9(16)12(6-8)19-7-13(21)20-14-10(17)2-1-3-11(14)18/h1-6,19H,7H2,(H,20,21). The highest BCUT2D eigenvalue weighted by atomic mass is 35.5. The molecule has 0 aliphatic carbocycles. The predicted octanol–water partition coefficient (Wildman–Crippen LogP) is 3.81. The number of rotatable bonds is 4. The molecule has 110 valence electrons. The van der Waals surface area contributed by atoms with Crippen LogP contribution in [0.1, 0.15) is 0 Å². The fourth-order valence-corrected chi connectivity index (χ4v) is 1.78. The minimum absolute atomic E-state index is 0.0201. The Hall–Kier alpha value is -2.21. The van der Waals surface area contributed by atoms with Crippen molar-refractivity contribution in [3.05, 3.63) is 58.9 Å². The SMILES string of the molecule is O=C(CNc1cc(Cl)ccc1F)Nc1c(F)cccc1F. The fourth-order valence-electron chi connectivity index (χ4n) is 1.61. The van der Waals surface area contributed by atoms with Crippen LogP contribution in [0.5, 0.6) is 0 Å². The molecule has 0 saturated carbocycles. The van der Waals surface area contributed by atoms with E-state index in [1.165, 1.54) is 18.2 Å². The van der Waals surface area contributed by atoms with Crippen LogP contribution < -0.4 is 10.6 Å². The van der Waals surface area contributed by atoms with E-state index in [-0.39, 0.29) is 12.2 Å². The normalized spacial score (nSPS) is 10.3. The zero-order valence-electron chi connectivity index (χ0n) is 10.6. The first-order valence-corrected chi connectivity index (χ1v) is 6.28. The van der Waals surface area contributed by atoms with Crippen LogP contribution in [0.4, 0.5) is 24.5 Å². The number of carbonyl (C=O) groups excluding carboxylic acids is 1. The number of benzene rings is 2. The van der Waals surface area contributed by atoms with E-state index in [1.807, 2.05) is 0 Å². The first-order chi connectivity index (χ1) is 9.97. The topological polar surface area (TPSA) is 41.1 Å². The Kier molecular flexibility index (Phi) is 4.70. The lowest BCUT2D eigenvalue weighted by Gasteiger charge is -2.10. The summed E-state index contributed by atoms with van der Waals surface area (Å²) in [7, 11) is 0. The summed E-state index contributed by atoms with van der Waals surface area (Å²) in [6.07, 6.45) is 0. The van der Waals surface area contributed by atoms with E-state index < -0.39 is 29.0 Å². The van der Waals surface area contributed by atoms with Gasteiger partial charge < -0.3 is 10.6 Å². The van der Waals surface area contributed by atoms with Crippen LogP contribution in [0.3, 0.4) is 0 Å². The van der Waals surface area contributed by atoms with Gasteiger partial charge in [0.25, 0.3) is 0 Å². The molecular weight excluding hydrogens is 305 g/mol. The Morgan fingerprint density at radius 1 is 1.05 bits per heavy atom. The largest absolute Gasteiger partial charge is 0.374 e. The van der Waals surface area contributed by atoms with Crippen LogP contribution in [-0.4, -0.2) is 12.5 Å². The van der Waals surface area contributed by atoms with E-state index >= 15 is 0 Å². The van der Waals surface area contributed by atoms with Gasteiger partial charge in [0.15, 0.2) is 0 Å². The van der Waals surface area contributed by atoms with Gasteiger partial charge in [0.2, 0.25) is 5.91 Å². The lowest BCUT2D eigenvalue weighted by molar-refractivity contribution is -0.114. The zero-order valence-corrected chi connectivity index (χ0v) is 11.3. The smallest absolute Gasteiger partial charge is 0.243 e. The highest BCUT2D eigenvalue weighted by Gasteiger charge is 2.12. The molecule has 0 saturated heterocycles. The van der Waals surface area contributed by atoms with Gasteiger partial charge in [-0.15, -0.1) is 0 Å². The molecule has 0 radical (unpaired) electrons. The van der Waals surface area contributed by atoms with Crippen molar-refractivity contribution >= 4 is 28.9 Å². The van der Waals surface area contributed by atoms with Crippen molar-refractivity contribution in [1.82, 2.24) is 0 Å². The van der Waals surface area contributed by atoms with Crippen molar-refractivity contribution in [3.8, 4) is 0 Å². The Bertz CT molecular complexity index is 659. The minimum atomic E-state index is -0.891. The first-order valence-electron chi connectivity index (χ1n) is 5.90. The molecular formula is C14H10ClF3N2O. The summed E-state index contributed by atoms with van der Waals surface area (Å²) in [6.45, 7) is -0.370. The van der Waals surface area contributed by atoms with Crippen molar-refractivity contribution in [2.24, 2.45) is 0 Å². The molecule has 0 fully saturated rings. The van der Waals surface area contributed by atoms with E-state index in [1.54, 1.807) is 0 Å². The lowest BCUT2D eigenvalue weighted by atomic mass is 10.3. The Morgan fingerprint density at radius 2 is 1.71 bits per heavy atom. The number of nitrogens with one attached hydrogen (secondary N) is 2. The molecule has 21 heavy (non-hydrogen) atoms. The van der Waals surface area contributed by atoms with Crippen molar-refractivity contribution in [1.29, 1.82) is 0 Å². The number of para-hydroxylation sites is 1. The van der Waals surface area contributed by atoms with E-state index in [9.17, 15) is 18.0 Å². The van der Waals surface area contributed by atoms with Crippen molar-refractivity contribution < 1.29 is 18.0 Å². The van der Waals surface area contributed by atoms with Crippen molar-refractivity contribution in [2.45, 2.75) is 0 Å². The number of amides is 1. The minimum Gasteiger partial charge on any atom is -0.374 e. The van der Waals surface area contributed by atoms with Gasteiger partial charge in [0.1, 0.15) is 23.1 Å². The molecule has 2 aromatic carbocycles. The second-order valence-electron chi connectivity index (χ2n) is 4.12. The fraction of sp³-hybridized carbons (Fsp3) is 0.0714. The molecule has 7 heteroatoms. The molecule has 0 atom stereocenters. The maximum atomic E-state index is 13.4. The van der Waals surface area contributed by atoms with Gasteiger partial charge in [-0.1, -0.05) is 17.7 Å². The van der Waals surface area contributed by atoms with Gasteiger partial charge in [-0.3, -0.25) is 4.79 Å². The third-order valence-corrected chi connectivity index (χ3v) is 2.83. The van der Waals surface area contributed by atoms with Gasteiger partial charge >= 0.3 is 0 Å². The summed E-state index contributed by atoms with van der Waals surface area (Å²) < 4.78 is 40.1.